The van der Waals surface area contributed by atoms with Gasteiger partial charge in [-0.3, -0.25) is 9.78 Å². The minimum Gasteiger partial charge on any atom is -0.361 e. The molecule has 2 N–H and O–H groups in total. The maximum Gasteiger partial charge on any atom is 0.252 e. The minimum atomic E-state index is -3.37. The smallest absolute Gasteiger partial charge is 0.252 e. The van der Waals surface area contributed by atoms with E-state index in [1.165, 1.54) is 16.8 Å². The van der Waals surface area contributed by atoms with Crippen molar-refractivity contribution in [1.29, 1.82) is 0 Å². The van der Waals surface area contributed by atoms with Crippen molar-refractivity contribution < 1.29 is 13.2 Å². The molecule has 1 aromatic carbocycles. The van der Waals surface area contributed by atoms with Crippen LogP contribution in [0.3, 0.4) is 0 Å². The number of hydrogen-bond donors (Lipinski definition) is 2. The molecular weight excluding hydrogens is 364 g/mol. The van der Waals surface area contributed by atoms with Crippen LogP contribution in [-0.4, -0.2) is 54.5 Å². The number of hydrogen-bond acceptors (Lipinski definition) is 4. The number of carbonyl (C=O) groups excluding carboxylic acids is 1. The lowest BCUT2D eigenvalue weighted by atomic mass is 10.1. The first-order valence-corrected chi connectivity index (χ1v) is 10.5. The second-order valence-electron chi connectivity index (χ2n) is 6.27. The molecule has 0 aliphatic carbocycles. The number of benzene rings is 1. The van der Waals surface area contributed by atoms with Crippen molar-refractivity contribution in [3.63, 3.8) is 0 Å². The van der Waals surface area contributed by atoms with Crippen LogP contribution < -0.4 is 5.32 Å². The Labute approximate surface area is 158 Å². The van der Waals surface area contributed by atoms with Crippen molar-refractivity contribution in [3.8, 4) is 0 Å². The molecule has 0 aliphatic heterocycles. The van der Waals surface area contributed by atoms with Crippen LogP contribution in [0.5, 0.6) is 0 Å². The molecule has 142 valence electrons. The summed E-state index contributed by atoms with van der Waals surface area (Å²) >= 11 is 0. The molecule has 8 heteroatoms. The molecule has 2 heterocycles. The molecule has 2 aromatic heterocycles. The summed E-state index contributed by atoms with van der Waals surface area (Å²) in [6.45, 7) is 0.797. The van der Waals surface area contributed by atoms with Crippen molar-refractivity contribution >= 4 is 26.8 Å². The third-order valence-corrected chi connectivity index (χ3v) is 5.65. The zero-order valence-electron chi connectivity index (χ0n) is 15.1. The summed E-state index contributed by atoms with van der Waals surface area (Å²) in [5.74, 6) is -0.270. The molecule has 0 unspecified atom stereocenters. The number of nitrogens with zero attached hydrogens (tertiary/aromatic N) is 2. The van der Waals surface area contributed by atoms with Gasteiger partial charge >= 0.3 is 0 Å². The molecule has 3 aromatic rings. The summed E-state index contributed by atoms with van der Waals surface area (Å²) in [5, 5.41) is 3.83. The van der Waals surface area contributed by atoms with Gasteiger partial charge in [-0.15, -0.1) is 0 Å². The Hall–Kier alpha value is -2.71. The predicted octanol–water partition coefficient (Wildman–Crippen LogP) is 1.80. The van der Waals surface area contributed by atoms with E-state index in [1.807, 2.05) is 30.5 Å². The van der Waals surface area contributed by atoms with Gasteiger partial charge in [-0.1, -0.05) is 18.2 Å². The summed E-state index contributed by atoms with van der Waals surface area (Å²) in [4.78, 5) is 19.1. The van der Waals surface area contributed by atoms with Crippen molar-refractivity contribution in [3.05, 3.63) is 66.1 Å². The molecule has 0 spiro atoms. The summed E-state index contributed by atoms with van der Waals surface area (Å²) < 4.78 is 25.6. The van der Waals surface area contributed by atoms with Crippen LogP contribution in [0.1, 0.15) is 15.9 Å². The highest BCUT2D eigenvalue weighted by atomic mass is 32.2. The molecule has 0 saturated heterocycles. The Kier molecular flexibility index (Phi) is 5.88. The monoisotopic (exact) mass is 386 g/mol. The standard InChI is InChI=1S/C19H22N4O3S/c1-27(25,26)23(12-10-21-19(24)16-5-4-9-20-13-16)11-8-15-14-22-18-7-3-2-6-17(15)18/h2-7,9,13-14,22H,8,10-12H2,1H3,(H,21,24). The van der Waals surface area contributed by atoms with Crippen molar-refractivity contribution in [2.45, 2.75) is 6.42 Å². The molecule has 0 bridgehead atoms. The number of H-pyrrole nitrogens is 1. The average Bonchev–Trinajstić information content (AvgIpc) is 3.07. The first-order valence-electron chi connectivity index (χ1n) is 8.63. The summed E-state index contributed by atoms with van der Waals surface area (Å²) in [6, 6.07) is 11.3. The van der Waals surface area contributed by atoms with Gasteiger partial charge in [-0.25, -0.2) is 12.7 Å². The maximum absolute atomic E-state index is 12.1. The number of nitrogens with one attached hydrogen (secondary N) is 2. The van der Waals surface area contributed by atoms with Crippen molar-refractivity contribution in [1.82, 2.24) is 19.6 Å². The number of sulfonamides is 1. The topological polar surface area (TPSA) is 95.2 Å². The van der Waals surface area contributed by atoms with E-state index < -0.39 is 10.0 Å². The van der Waals surface area contributed by atoms with E-state index in [9.17, 15) is 13.2 Å². The SMILES string of the molecule is CS(=O)(=O)N(CCNC(=O)c1cccnc1)CCc1c[nH]c2ccccc12. The molecule has 1 amide bonds. The van der Waals surface area contributed by atoms with Gasteiger partial charge < -0.3 is 10.3 Å². The number of pyridine rings is 1. The van der Waals surface area contributed by atoms with E-state index >= 15 is 0 Å². The Morgan fingerprint density at radius 1 is 1.19 bits per heavy atom. The average molecular weight is 386 g/mol. The van der Waals surface area contributed by atoms with Crippen LogP contribution in [0, 0.1) is 0 Å². The fraction of sp³-hybridized carbons (Fsp3) is 0.263. The normalized spacial score (nSPS) is 11.8. The van der Waals surface area contributed by atoms with Crippen molar-refractivity contribution in [2.24, 2.45) is 0 Å². The molecule has 0 aliphatic rings. The molecular formula is C19H22N4O3S. The van der Waals surface area contributed by atoms with Crippen LogP contribution in [0.15, 0.2) is 55.0 Å². The lowest BCUT2D eigenvalue weighted by molar-refractivity contribution is 0.0951. The lowest BCUT2D eigenvalue weighted by Crippen LogP contribution is -2.39. The van der Waals surface area contributed by atoms with E-state index in [0.29, 0.717) is 18.5 Å². The van der Waals surface area contributed by atoms with Gasteiger partial charge in [-0.2, -0.15) is 0 Å². The predicted molar refractivity (Wildman–Crippen MR) is 105 cm³/mol. The largest absolute Gasteiger partial charge is 0.361 e. The number of aromatic nitrogens is 2. The van der Waals surface area contributed by atoms with E-state index in [1.54, 1.807) is 18.3 Å². The first-order chi connectivity index (χ1) is 12.9. The first kappa shape index (κ1) is 19.1. The Morgan fingerprint density at radius 2 is 2.00 bits per heavy atom. The molecule has 0 radical (unpaired) electrons. The van der Waals surface area contributed by atoms with E-state index in [4.69, 9.17) is 0 Å². The zero-order valence-corrected chi connectivity index (χ0v) is 15.9. The molecule has 0 saturated carbocycles. The van der Waals surface area contributed by atoms with Gasteiger partial charge in [0.05, 0.1) is 11.8 Å². The highest BCUT2D eigenvalue weighted by Crippen LogP contribution is 2.18. The van der Waals surface area contributed by atoms with Crippen LogP contribution in [0.25, 0.3) is 10.9 Å². The van der Waals surface area contributed by atoms with Crippen LogP contribution >= 0.6 is 0 Å². The fourth-order valence-corrected chi connectivity index (χ4v) is 3.77. The number of para-hydroxylation sites is 1. The second-order valence-corrected chi connectivity index (χ2v) is 8.25. The lowest BCUT2D eigenvalue weighted by Gasteiger charge is -2.20. The maximum atomic E-state index is 12.1. The Balaban J connectivity index is 1.59. The number of amides is 1. The van der Waals surface area contributed by atoms with Crippen LogP contribution in [-0.2, 0) is 16.4 Å². The van der Waals surface area contributed by atoms with Gasteiger partial charge in [0.2, 0.25) is 10.0 Å². The third-order valence-electron chi connectivity index (χ3n) is 4.34. The molecule has 7 nitrogen and oxygen atoms in total. The Bertz CT molecular complexity index is 1020. The molecule has 0 fully saturated rings. The number of fused-ring (bicyclic) bond motifs is 1. The molecule has 3 rings (SSSR count). The zero-order chi connectivity index (χ0) is 19.3. The van der Waals surface area contributed by atoms with Gasteiger partial charge in [0, 0.05) is 49.1 Å². The van der Waals surface area contributed by atoms with Crippen LogP contribution in [0.2, 0.25) is 0 Å². The fourth-order valence-electron chi connectivity index (χ4n) is 2.92. The van der Waals surface area contributed by atoms with Crippen LogP contribution in [0.4, 0.5) is 0 Å². The summed E-state index contributed by atoms with van der Waals surface area (Å²) in [6.07, 6.45) is 6.75. The summed E-state index contributed by atoms with van der Waals surface area (Å²) in [7, 11) is -3.37. The molecule has 0 atom stereocenters. The van der Waals surface area contributed by atoms with Gasteiger partial charge in [-0.05, 0) is 30.2 Å². The van der Waals surface area contributed by atoms with E-state index in [0.717, 1.165) is 16.5 Å². The Morgan fingerprint density at radius 3 is 2.74 bits per heavy atom. The number of rotatable bonds is 8. The van der Waals surface area contributed by atoms with Gasteiger partial charge in [0.1, 0.15) is 0 Å². The number of aromatic amines is 1. The van der Waals surface area contributed by atoms with Gasteiger partial charge in [0.25, 0.3) is 5.91 Å². The van der Waals surface area contributed by atoms with E-state index in [2.05, 4.69) is 15.3 Å². The molecule has 27 heavy (non-hydrogen) atoms. The van der Waals surface area contributed by atoms with Crippen molar-refractivity contribution in [2.75, 3.05) is 25.9 Å². The highest BCUT2D eigenvalue weighted by molar-refractivity contribution is 7.88. The quantitative estimate of drug-likeness (QED) is 0.617. The minimum absolute atomic E-state index is 0.215. The highest BCUT2D eigenvalue weighted by Gasteiger charge is 2.17. The second kappa shape index (κ2) is 8.32. The third kappa shape index (κ3) is 4.93. The number of carbonyl (C=O) groups is 1. The van der Waals surface area contributed by atoms with E-state index in [-0.39, 0.29) is 19.0 Å². The summed E-state index contributed by atoms with van der Waals surface area (Å²) in [5.41, 5.74) is 2.54. The van der Waals surface area contributed by atoms with Gasteiger partial charge in [0.15, 0.2) is 0 Å².